The first-order valence-corrected chi connectivity index (χ1v) is 23.6. The fourth-order valence-corrected chi connectivity index (χ4v) is 11.5. The highest BCUT2D eigenvalue weighted by atomic mass is 16.2. The second-order valence-electron chi connectivity index (χ2n) is 18.6. The van der Waals surface area contributed by atoms with Gasteiger partial charge in [-0.05, 0) is 207 Å². The van der Waals surface area contributed by atoms with E-state index in [9.17, 15) is 14.4 Å². The maximum atomic E-state index is 12.3. The zero-order valence-electron chi connectivity index (χ0n) is 38.5. The number of amides is 3. The molecule has 6 aromatic carbocycles. The molecule has 3 amide bonds. The Morgan fingerprint density at radius 1 is 0.373 bits per heavy atom. The summed E-state index contributed by atoms with van der Waals surface area (Å²) < 4.78 is 0. The Hall–Kier alpha value is -7.59. The molecule has 0 unspecified atom stereocenters. The molecule has 0 radical (unpaired) electrons. The minimum absolute atomic E-state index is 0.00237. The van der Waals surface area contributed by atoms with E-state index in [0.29, 0.717) is 42.2 Å². The van der Waals surface area contributed by atoms with Crippen molar-refractivity contribution in [1.29, 1.82) is 0 Å². The summed E-state index contributed by atoms with van der Waals surface area (Å²) >= 11 is 0. The standard InChI is InChI=1S/C61H55N3O3/c1-4-62-56(65)50-25-13-43(14-26-50)7-10-46-19-31-53(32-20-46)59-37-49-38-60(40-59,54-33-21-47(22-34-54)11-8-44-15-27-51(28-16-44)57(66)63-5-2)42-61(39-49,41-59)55-35-23-48(24-36-55)12-9-45-17-29-52(30-18-45)58(67)64-6-3/h13-36,49H,4-6,37-42H2,1-3H3,(H,62,65)(H,63,66)(H,64,67). The van der Waals surface area contributed by atoms with Gasteiger partial charge in [0.1, 0.15) is 0 Å². The summed E-state index contributed by atoms with van der Waals surface area (Å²) in [6, 6.07) is 49.5. The van der Waals surface area contributed by atoms with Crippen molar-refractivity contribution < 1.29 is 14.4 Å². The Labute approximate surface area is 395 Å². The number of carbonyl (C=O) groups is 3. The van der Waals surface area contributed by atoms with Crippen LogP contribution in [0.5, 0.6) is 0 Å². The number of rotatable bonds is 9. The Morgan fingerprint density at radius 3 is 0.791 bits per heavy atom. The van der Waals surface area contributed by atoms with Crippen LogP contribution in [-0.4, -0.2) is 37.4 Å². The first kappa shape index (κ1) is 44.6. The van der Waals surface area contributed by atoms with Gasteiger partial charge in [0.15, 0.2) is 0 Å². The van der Waals surface area contributed by atoms with Crippen molar-refractivity contribution in [3.8, 4) is 35.5 Å². The molecule has 0 spiro atoms. The molecule has 0 heterocycles. The third kappa shape index (κ3) is 9.56. The summed E-state index contributed by atoms with van der Waals surface area (Å²) in [4.78, 5) is 36.8. The maximum Gasteiger partial charge on any atom is 0.251 e. The van der Waals surface area contributed by atoms with Gasteiger partial charge in [-0.2, -0.15) is 0 Å². The number of carbonyl (C=O) groups excluding carboxylic acids is 3. The Bertz CT molecular complexity index is 2650. The van der Waals surface area contributed by atoms with Crippen molar-refractivity contribution in [3.63, 3.8) is 0 Å². The van der Waals surface area contributed by atoms with E-state index in [0.717, 1.165) is 52.6 Å². The number of hydrogen-bond donors (Lipinski definition) is 3. The lowest BCUT2D eigenvalue weighted by molar-refractivity contribution is -0.0493. The van der Waals surface area contributed by atoms with Gasteiger partial charge in [-0.15, -0.1) is 0 Å². The minimum Gasteiger partial charge on any atom is -0.352 e. The van der Waals surface area contributed by atoms with E-state index in [-0.39, 0.29) is 34.0 Å². The summed E-state index contributed by atoms with van der Waals surface area (Å²) in [7, 11) is 0. The topological polar surface area (TPSA) is 87.3 Å². The van der Waals surface area contributed by atoms with E-state index >= 15 is 0 Å². The molecule has 0 saturated heterocycles. The van der Waals surface area contributed by atoms with Crippen molar-refractivity contribution in [3.05, 3.63) is 212 Å². The normalized spacial score (nSPS) is 20.7. The molecule has 6 aromatic rings. The molecule has 0 aromatic heterocycles. The lowest BCUT2D eigenvalue weighted by Gasteiger charge is -2.67. The third-order valence-corrected chi connectivity index (χ3v) is 14.1. The average molecular weight is 878 g/mol. The van der Waals surface area contributed by atoms with Gasteiger partial charge in [-0.1, -0.05) is 71.9 Å². The highest BCUT2D eigenvalue weighted by Gasteiger charge is 2.64. The van der Waals surface area contributed by atoms with E-state index in [1.807, 2.05) is 93.6 Å². The second-order valence-corrected chi connectivity index (χ2v) is 18.6. The van der Waals surface area contributed by atoms with Crippen LogP contribution in [0.2, 0.25) is 0 Å². The van der Waals surface area contributed by atoms with E-state index in [4.69, 9.17) is 0 Å². The van der Waals surface area contributed by atoms with Gasteiger partial charge in [0, 0.05) is 69.7 Å². The predicted molar refractivity (Wildman–Crippen MR) is 267 cm³/mol. The number of nitrogens with one attached hydrogen (secondary N) is 3. The van der Waals surface area contributed by atoms with Crippen molar-refractivity contribution in [1.82, 2.24) is 16.0 Å². The van der Waals surface area contributed by atoms with E-state index in [2.05, 4.69) is 124 Å². The molecule has 4 fully saturated rings. The Balaban J connectivity index is 1.00. The highest BCUT2D eigenvalue weighted by Crippen LogP contribution is 2.70. The molecule has 6 heteroatoms. The number of benzene rings is 6. The van der Waals surface area contributed by atoms with Gasteiger partial charge in [0.25, 0.3) is 17.7 Å². The largest absolute Gasteiger partial charge is 0.352 e. The summed E-state index contributed by atoms with van der Waals surface area (Å²) in [5.41, 5.74) is 11.6. The fraction of sp³-hybridized carbons (Fsp3) is 0.262. The molecule has 4 aliphatic carbocycles. The molecule has 10 rings (SSSR count). The molecule has 332 valence electrons. The second kappa shape index (κ2) is 19.1. The van der Waals surface area contributed by atoms with Crippen LogP contribution < -0.4 is 16.0 Å². The first-order valence-electron chi connectivity index (χ1n) is 23.6. The van der Waals surface area contributed by atoms with Crippen molar-refractivity contribution in [2.45, 2.75) is 75.5 Å². The van der Waals surface area contributed by atoms with Gasteiger partial charge in [0.2, 0.25) is 0 Å². The SMILES string of the molecule is CCNC(=O)c1ccc(C#Cc2ccc(C34CC5CC(c6ccc(C#Cc7ccc(C(=O)NCC)cc7)cc6)(C3)CC(c3ccc(C#Cc6ccc(C(=O)NCC)cc6)cc3)(C5)C4)cc2)cc1. The minimum atomic E-state index is -0.0766. The molecule has 0 atom stereocenters. The van der Waals surface area contributed by atoms with Gasteiger partial charge in [-0.25, -0.2) is 0 Å². The van der Waals surface area contributed by atoms with Crippen LogP contribution in [0.1, 0.15) is 140 Å². The molecule has 4 bridgehead atoms. The van der Waals surface area contributed by atoms with Crippen molar-refractivity contribution in [2.75, 3.05) is 19.6 Å². The quantitative estimate of drug-likeness (QED) is 0.127. The van der Waals surface area contributed by atoms with E-state index < -0.39 is 0 Å². The van der Waals surface area contributed by atoms with Gasteiger partial charge < -0.3 is 16.0 Å². The predicted octanol–water partition coefficient (Wildman–Crippen LogP) is 10.2. The van der Waals surface area contributed by atoms with Crippen LogP contribution in [0, 0.1) is 41.4 Å². The molecule has 4 aliphatic rings. The average Bonchev–Trinajstić information content (AvgIpc) is 3.35. The molecular weight excluding hydrogens is 823 g/mol. The van der Waals surface area contributed by atoms with Crippen LogP contribution in [0.25, 0.3) is 0 Å². The molecule has 3 N–H and O–H groups in total. The highest BCUT2D eigenvalue weighted by molar-refractivity contribution is 5.95. The molecule has 6 nitrogen and oxygen atoms in total. The van der Waals surface area contributed by atoms with Gasteiger partial charge >= 0.3 is 0 Å². The smallest absolute Gasteiger partial charge is 0.251 e. The third-order valence-electron chi connectivity index (χ3n) is 14.1. The summed E-state index contributed by atoms with van der Waals surface area (Å²) in [5, 5.41) is 8.55. The van der Waals surface area contributed by atoms with Crippen LogP contribution in [0.3, 0.4) is 0 Å². The summed E-state index contributed by atoms with van der Waals surface area (Å²) in [6.45, 7) is 7.51. The molecular formula is C61H55N3O3. The monoisotopic (exact) mass is 877 g/mol. The molecule has 0 aliphatic heterocycles. The summed E-state index contributed by atoms with van der Waals surface area (Å²) in [6.07, 6.45) is 6.78. The maximum absolute atomic E-state index is 12.3. The van der Waals surface area contributed by atoms with Crippen LogP contribution in [0.15, 0.2) is 146 Å². The Kier molecular flexibility index (Phi) is 12.7. The van der Waals surface area contributed by atoms with Gasteiger partial charge in [-0.3, -0.25) is 14.4 Å². The Morgan fingerprint density at radius 2 is 0.582 bits per heavy atom. The number of hydrogen-bond acceptors (Lipinski definition) is 3. The van der Waals surface area contributed by atoms with Crippen LogP contribution in [-0.2, 0) is 16.2 Å². The van der Waals surface area contributed by atoms with E-state index in [1.165, 1.54) is 36.0 Å². The zero-order chi connectivity index (χ0) is 46.4. The fourth-order valence-electron chi connectivity index (χ4n) is 11.5. The lowest BCUT2D eigenvalue weighted by Crippen LogP contribution is -2.61. The van der Waals surface area contributed by atoms with Crippen molar-refractivity contribution >= 4 is 17.7 Å². The van der Waals surface area contributed by atoms with E-state index in [1.54, 1.807) is 0 Å². The van der Waals surface area contributed by atoms with Crippen LogP contribution >= 0.6 is 0 Å². The van der Waals surface area contributed by atoms with Gasteiger partial charge in [0.05, 0.1) is 0 Å². The molecule has 4 saturated carbocycles. The first-order chi connectivity index (χ1) is 32.6. The lowest BCUT2D eigenvalue weighted by atomic mass is 9.36. The summed E-state index contributed by atoms with van der Waals surface area (Å²) in [5.74, 6) is 20.4. The van der Waals surface area contributed by atoms with Crippen LogP contribution in [0.4, 0.5) is 0 Å². The van der Waals surface area contributed by atoms with Crippen molar-refractivity contribution in [2.24, 2.45) is 5.92 Å². The molecule has 67 heavy (non-hydrogen) atoms. The zero-order valence-corrected chi connectivity index (χ0v) is 38.5.